The Labute approximate surface area is 127 Å². The van der Waals surface area contributed by atoms with Crippen molar-refractivity contribution in [3.05, 3.63) is 0 Å². The molecule has 4 atom stereocenters. The third kappa shape index (κ3) is 3.09. The maximum Gasteiger partial charge on any atom is 0.223 e. The van der Waals surface area contributed by atoms with Crippen molar-refractivity contribution in [3.63, 3.8) is 0 Å². The molecule has 21 heavy (non-hydrogen) atoms. The molecule has 1 heterocycles. The van der Waals surface area contributed by atoms with Gasteiger partial charge in [-0.3, -0.25) is 9.59 Å². The third-order valence-corrected chi connectivity index (χ3v) is 6.12. The Morgan fingerprint density at radius 1 is 1.10 bits per heavy atom. The molecule has 4 heteroatoms. The van der Waals surface area contributed by atoms with Crippen LogP contribution in [0.15, 0.2) is 0 Å². The molecule has 2 aliphatic carbocycles. The summed E-state index contributed by atoms with van der Waals surface area (Å²) in [6.45, 7) is 5.26. The Morgan fingerprint density at radius 2 is 1.81 bits per heavy atom. The van der Waals surface area contributed by atoms with Crippen LogP contribution in [0.4, 0.5) is 0 Å². The SMILES string of the molecule is CC(=O)N1CCC(C(=O)NC(C)C2CC3CCC2C3)CC1. The minimum atomic E-state index is 0.0987. The van der Waals surface area contributed by atoms with Crippen molar-refractivity contribution in [1.82, 2.24) is 10.2 Å². The fourth-order valence-corrected chi connectivity index (χ4v) is 4.81. The van der Waals surface area contributed by atoms with Gasteiger partial charge >= 0.3 is 0 Å². The normalized spacial score (nSPS) is 34.0. The fraction of sp³-hybridized carbons (Fsp3) is 0.882. The highest BCUT2D eigenvalue weighted by Gasteiger charge is 2.42. The van der Waals surface area contributed by atoms with E-state index in [0.717, 1.165) is 37.8 Å². The van der Waals surface area contributed by atoms with E-state index in [2.05, 4.69) is 12.2 Å². The van der Waals surface area contributed by atoms with Crippen molar-refractivity contribution in [2.45, 2.75) is 58.4 Å². The fourth-order valence-electron chi connectivity index (χ4n) is 4.81. The van der Waals surface area contributed by atoms with Crippen LogP contribution in [0.25, 0.3) is 0 Å². The average molecular weight is 292 g/mol. The molecule has 0 aromatic rings. The Balaban J connectivity index is 1.47. The van der Waals surface area contributed by atoms with Crippen molar-refractivity contribution < 1.29 is 9.59 Å². The number of rotatable bonds is 3. The second-order valence-corrected chi connectivity index (χ2v) is 7.42. The highest BCUT2D eigenvalue weighted by Crippen LogP contribution is 2.49. The Bertz CT molecular complexity index is 415. The number of nitrogens with one attached hydrogen (secondary N) is 1. The summed E-state index contributed by atoms with van der Waals surface area (Å²) in [4.78, 5) is 25.6. The molecule has 0 aromatic heterocycles. The van der Waals surface area contributed by atoms with Gasteiger partial charge in [-0.1, -0.05) is 6.42 Å². The van der Waals surface area contributed by atoms with Crippen LogP contribution in [0.3, 0.4) is 0 Å². The van der Waals surface area contributed by atoms with Gasteiger partial charge in [-0.25, -0.2) is 0 Å². The van der Waals surface area contributed by atoms with Crippen LogP contribution < -0.4 is 5.32 Å². The van der Waals surface area contributed by atoms with E-state index in [9.17, 15) is 9.59 Å². The molecule has 2 bridgehead atoms. The lowest BCUT2D eigenvalue weighted by molar-refractivity contribution is -0.134. The van der Waals surface area contributed by atoms with Gasteiger partial charge < -0.3 is 10.2 Å². The van der Waals surface area contributed by atoms with Gasteiger partial charge in [0.2, 0.25) is 11.8 Å². The van der Waals surface area contributed by atoms with Gasteiger partial charge in [0.05, 0.1) is 0 Å². The second-order valence-electron chi connectivity index (χ2n) is 7.42. The quantitative estimate of drug-likeness (QED) is 0.867. The number of hydrogen-bond acceptors (Lipinski definition) is 2. The zero-order valence-corrected chi connectivity index (χ0v) is 13.3. The number of hydrogen-bond donors (Lipinski definition) is 1. The predicted molar refractivity (Wildman–Crippen MR) is 81.5 cm³/mol. The zero-order chi connectivity index (χ0) is 15.0. The Morgan fingerprint density at radius 3 is 2.33 bits per heavy atom. The first kappa shape index (κ1) is 14.9. The van der Waals surface area contributed by atoms with Gasteiger partial charge in [-0.15, -0.1) is 0 Å². The lowest BCUT2D eigenvalue weighted by Crippen LogP contribution is -2.46. The molecule has 3 aliphatic rings. The van der Waals surface area contributed by atoms with E-state index in [1.165, 1.54) is 25.7 Å². The molecule has 2 amide bonds. The maximum absolute atomic E-state index is 12.4. The standard InChI is InChI=1S/C17H28N2O2/c1-11(16-10-13-3-4-15(16)9-13)18-17(21)14-5-7-19(8-6-14)12(2)20/h11,13-16H,3-10H2,1-2H3,(H,18,21). The van der Waals surface area contributed by atoms with Gasteiger partial charge in [0, 0.05) is 32.0 Å². The van der Waals surface area contributed by atoms with Crippen LogP contribution in [0, 0.1) is 23.7 Å². The second kappa shape index (κ2) is 5.98. The van der Waals surface area contributed by atoms with Gasteiger partial charge in [0.25, 0.3) is 0 Å². The lowest BCUT2D eigenvalue weighted by atomic mass is 9.83. The lowest BCUT2D eigenvalue weighted by Gasteiger charge is -2.33. The molecule has 1 N–H and O–H groups in total. The van der Waals surface area contributed by atoms with Gasteiger partial charge in [-0.2, -0.15) is 0 Å². The molecule has 0 spiro atoms. The first-order chi connectivity index (χ1) is 10.0. The monoisotopic (exact) mass is 292 g/mol. The molecule has 4 nitrogen and oxygen atoms in total. The van der Waals surface area contributed by atoms with E-state index >= 15 is 0 Å². The van der Waals surface area contributed by atoms with Crippen molar-refractivity contribution in [2.75, 3.05) is 13.1 Å². The van der Waals surface area contributed by atoms with Gasteiger partial charge in [-0.05, 0) is 56.8 Å². The van der Waals surface area contributed by atoms with Gasteiger partial charge in [0.1, 0.15) is 0 Å². The summed E-state index contributed by atoms with van der Waals surface area (Å²) in [5.74, 6) is 2.92. The van der Waals surface area contributed by atoms with Crippen molar-refractivity contribution in [2.24, 2.45) is 23.7 Å². The van der Waals surface area contributed by atoms with Crippen LogP contribution in [0.5, 0.6) is 0 Å². The number of piperidine rings is 1. The smallest absolute Gasteiger partial charge is 0.223 e. The van der Waals surface area contributed by atoms with E-state index in [4.69, 9.17) is 0 Å². The number of carbonyl (C=O) groups excluding carboxylic acids is 2. The van der Waals surface area contributed by atoms with E-state index in [-0.39, 0.29) is 17.7 Å². The minimum Gasteiger partial charge on any atom is -0.353 e. The molecule has 0 aromatic carbocycles. The summed E-state index contributed by atoms with van der Waals surface area (Å²) in [6.07, 6.45) is 7.11. The third-order valence-electron chi connectivity index (χ3n) is 6.12. The topological polar surface area (TPSA) is 49.4 Å². The summed E-state index contributed by atoms with van der Waals surface area (Å²) in [6, 6.07) is 0.318. The van der Waals surface area contributed by atoms with E-state index < -0.39 is 0 Å². The summed E-state index contributed by atoms with van der Waals surface area (Å²) in [7, 11) is 0. The predicted octanol–water partition coefficient (Wildman–Crippen LogP) is 2.19. The van der Waals surface area contributed by atoms with Crippen molar-refractivity contribution >= 4 is 11.8 Å². The molecule has 3 rings (SSSR count). The molecular formula is C17H28N2O2. The van der Waals surface area contributed by atoms with Gasteiger partial charge in [0.15, 0.2) is 0 Å². The van der Waals surface area contributed by atoms with Crippen LogP contribution >= 0.6 is 0 Å². The van der Waals surface area contributed by atoms with Crippen LogP contribution in [-0.2, 0) is 9.59 Å². The number of carbonyl (C=O) groups is 2. The molecule has 2 saturated carbocycles. The number of amides is 2. The minimum absolute atomic E-state index is 0.0987. The number of fused-ring (bicyclic) bond motifs is 2. The highest BCUT2D eigenvalue weighted by molar-refractivity contribution is 5.79. The molecule has 4 unspecified atom stereocenters. The largest absolute Gasteiger partial charge is 0.353 e. The summed E-state index contributed by atoms with van der Waals surface area (Å²) < 4.78 is 0. The maximum atomic E-state index is 12.4. The van der Waals surface area contributed by atoms with Crippen LogP contribution in [-0.4, -0.2) is 35.8 Å². The summed E-state index contributed by atoms with van der Waals surface area (Å²) in [5.41, 5.74) is 0. The molecule has 0 radical (unpaired) electrons. The number of likely N-dealkylation sites (tertiary alicyclic amines) is 1. The van der Waals surface area contributed by atoms with Crippen molar-refractivity contribution in [3.8, 4) is 0 Å². The van der Waals surface area contributed by atoms with Crippen molar-refractivity contribution in [1.29, 1.82) is 0 Å². The highest BCUT2D eigenvalue weighted by atomic mass is 16.2. The summed E-state index contributed by atoms with van der Waals surface area (Å²) in [5, 5.41) is 3.28. The molecule has 118 valence electrons. The van der Waals surface area contributed by atoms with Crippen LogP contribution in [0.1, 0.15) is 52.4 Å². The Hall–Kier alpha value is -1.06. The van der Waals surface area contributed by atoms with E-state index in [0.29, 0.717) is 12.0 Å². The summed E-state index contributed by atoms with van der Waals surface area (Å²) >= 11 is 0. The van der Waals surface area contributed by atoms with Crippen LogP contribution in [0.2, 0.25) is 0 Å². The van der Waals surface area contributed by atoms with E-state index in [1.54, 1.807) is 6.92 Å². The Kier molecular flexibility index (Phi) is 4.23. The molecular weight excluding hydrogens is 264 g/mol. The molecule has 1 aliphatic heterocycles. The average Bonchev–Trinajstić information content (AvgIpc) is 3.10. The first-order valence-electron chi connectivity index (χ1n) is 8.60. The first-order valence-corrected chi connectivity index (χ1v) is 8.60. The number of nitrogens with zero attached hydrogens (tertiary/aromatic N) is 1. The van der Waals surface area contributed by atoms with E-state index in [1.807, 2.05) is 4.90 Å². The molecule has 3 fully saturated rings. The zero-order valence-electron chi connectivity index (χ0n) is 13.3. The molecule has 1 saturated heterocycles.